The minimum absolute atomic E-state index is 0.292. The van der Waals surface area contributed by atoms with Crippen LogP contribution in [0.3, 0.4) is 0 Å². The molecular formula is C22H21NO3. The maximum absolute atomic E-state index is 12.7. The lowest BCUT2D eigenvalue weighted by Crippen LogP contribution is -2.43. The third-order valence-electron chi connectivity index (χ3n) is 4.49. The average molecular weight is 347 g/mol. The summed E-state index contributed by atoms with van der Waals surface area (Å²) in [6, 6.07) is 20.4. The second kappa shape index (κ2) is 7.83. The fraction of sp³-hybridized carbons (Fsp3) is 0.182. The quantitative estimate of drug-likeness (QED) is 0.717. The summed E-state index contributed by atoms with van der Waals surface area (Å²) in [5.74, 6) is -0.748. The molecule has 0 aromatic heterocycles. The molecule has 3 aromatic carbocycles. The first-order valence-electron chi connectivity index (χ1n) is 8.50. The third-order valence-corrected chi connectivity index (χ3v) is 4.49. The average Bonchev–Trinajstić information content (AvgIpc) is 2.68. The summed E-state index contributed by atoms with van der Waals surface area (Å²) in [6.07, 6.45) is 0.388. The number of aryl methyl sites for hydroxylation is 1. The van der Waals surface area contributed by atoms with Gasteiger partial charge >= 0.3 is 5.97 Å². The number of carbonyl (C=O) groups excluding carboxylic acids is 2. The van der Waals surface area contributed by atoms with E-state index in [1.54, 1.807) is 6.07 Å². The Morgan fingerprint density at radius 2 is 1.65 bits per heavy atom. The second-order valence-electron chi connectivity index (χ2n) is 6.24. The molecule has 0 radical (unpaired) electrons. The van der Waals surface area contributed by atoms with Crippen LogP contribution in [0.25, 0.3) is 10.8 Å². The van der Waals surface area contributed by atoms with Gasteiger partial charge in [0.05, 0.1) is 7.11 Å². The van der Waals surface area contributed by atoms with E-state index < -0.39 is 12.0 Å². The lowest BCUT2D eigenvalue weighted by molar-refractivity contribution is -0.142. The van der Waals surface area contributed by atoms with Gasteiger partial charge in [-0.2, -0.15) is 0 Å². The lowest BCUT2D eigenvalue weighted by atomic mass is 10.0. The topological polar surface area (TPSA) is 55.4 Å². The molecular weight excluding hydrogens is 326 g/mol. The summed E-state index contributed by atoms with van der Waals surface area (Å²) in [6.45, 7) is 1.98. The number of rotatable bonds is 5. The van der Waals surface area contributed by atoms with Crippen molar-refractivity contribution in [2.45, 2.75) is 19.4 Å². The van der Waals surface area contributed by atoms with Crippen LogP contribution >= 0.6 is 0 Å². The van der Waals surface area contributed by atoms with E-state index in [-0.39, 0.29) is 5.91 Å². The molecule has 26 heavy (non-hydrogen) atoms. The number of benzene rings is 3. The Hall–Kier alpha value is -3.14. The highest BCUT2D eigenvalue weighted by Gasteiger charge is 2.23. The molecule has 3 aromatic rings. The number of amides is 1. The van der Waals surface area contributed by atoms with Crippen molar-refractivity contribution in [1.82, 2.24) is 5.32 Å². The van der Waals surface area contributed by atoms with Crippen molar-refractivity contribution >= 4 is 22.6 Å². The van der Waals surface area contributed by atoms with Gasteiger partial charge in [0.15, 0.2) is 0 Å². The van der Waals surface area contributed by atoms with Gasteiger partial charge in [-0.3, -0.25) is 4.79 Å². The van der Waals surface area contributed by atoms with Gasteiger partial charge in [0, 0.05) is 12.0 Å². The number of hydrogen-bond acceptors (Lipinski definition) is 3. The number of fused-ring (bicyclic) bond motifs is 1. The van der Waals surface area contributed by atoms with E-state index in [0.29, 0.717) is 12.0 Å². The smallest absolute Gasteiger partial charge is 0.328 e. The van der Waals surface area contributed by atoms with Gasteiger partial charge in [-0.1, -0.05) is 54.6 Å². The zero-order valence-corrected chi connectivity index (χ0v) is 14.9. The van der Waals surface area contributed by atoms with Gasteiger partial charge in [-0.15, -0.1) is 0 Å². The Balaban J connectivity index is 1.82. The minimum Gasteiger partial charge on any atom is -0.467 e. The molecule has 0 saturated heterocycles. The van der Waals surface area contributed by atoms with Crippen LogP contribution in [0, 0.1) is 6.92 Å². The molecule has 0 aliphatic carbocycles. The highest BCUT2D eigenvalue weighted by atomic mass is 16.5. The fourth-order valence-corrected chi connectivity index (χ4v) is 2.97. The lowest BCUT2D eigenvalue weighted by Gasteiger charge is -2.18. The normalized spacial score (nSPS) is 11.8. The maximum Gasteiger partial charge on any atom is 0.328 e. The minimum atomic E-state index is -0.736. The third kappa shape index (κ3) is 3.91. The van der Waals surface area contributed by atoms with Gasteiger partial charge < -0.3 is 10.1 Å². The van der Waals surface area contributed by atoms with E-state index in [9.17, 15) is 9.59 Å². The first kappa shape index (κ1) is 17.7. The van der Waals surface area contributed by atoms with Crippen molar-refractivity contribution < 1.29 is 14.3 Å². The van der Waals surface area contributed by atoms with Crippen molar-refractivity contribution in [2.24, 2.45) is 0 Å². The summed E-state index contributed by atoms with van der Waals surface area (Å²) in [5, 5.41) is 4.85. The molecule has 4 nitrogen and oxygen atoms in total. The van der Waals surface area contributed by atoms with Gasteiger partial charge in [0.2, 0.25) is 0 Å². The molecule has 1 amide bonds. The van der Waals surface area contributed by atoms with Crippen LogP contribution in [0.4, 0.5) is 0 Å². The van der Waals surface area contributed by atoms with Gasteiger partial charge in [-0.25, -0.2) is 4.79 Å². The summed E-state index contributed by atoms with van der Waals surface area (Å²) in [5.41, 5.74) is 2.59. The first-order valence-corrected chi connectivity index (χ1v) is 8.50. The zero-order valence-electron chi connectivity index (χ0n) is 14.9. The van der Waals surface area contributed by atoms with Gasteiger partial charge in [0.25, 0.3) is 5.91 Å². The molecule has 0 spiro atoms. The molecule has 3 rings (SSSR count). The molecule has 0 aliphatic heterocycles. The number of methoxy groups -OCH3 is 1. The molecule has 1 N–H and O–H groups in total. The Morgan fingerprint density at radius 3 is 2.38 bits per heavy atom. The number of esters is 1. The fourth-order valence-electron chi connectivity index (χ4n) is 2.97. The number of ether oxygens (including phenoxy) is 1. The Bertz CT molecular complexity index is 949. The van der Waals surface area contributed by atoms with Gasteiger partial charge in [0.1, 0.15) is 6.04 Å². The van der Waals surface area contributed by atoms with E-state index in [0.717, 1.165) is 21.9 Å². The van der Waals surface area contributed by atoms with Crippen molar-refractivity contribution in [1.29, 1.82) is 0 Å². The van der Waals surface area contributed by atoms with Crippen molar-refractivity contribution in [3.63, 3.8) is 0 Å². The summed E-state index contributed by atoms with van der Waals surface area (Å²) >= 11 is 0. The van der Waals surface area contributed by atoms with Crippen molar-refractivity contribution in [3.8, 4) is 0 Å². The SMILES string of the molecule is COC(=O)[C@H](Cc1ccccc1C)NC(=O)c1ccc2ccccc2c1. The van der Waals surface area contributed by atoms with E-state index in [1.165, 1.54) is 7.11 Å². The molecule has 4 heteroatoms. The number of nitrogens with one attached hydrogen (secondary N) is 1. The predicted molar refractivity (Wildman–Crippen MR) is 102 cm³/mol. The van der Waals surface area contributed by atoms with Gasteiger partial charge in [-0.05, 0) is 41.0 Å². The number of carbonyl (C=O) groups is 2. The van der Waals surface area contributed by atoms with Crippen LogP contribution in [-0.2, 0) is 16.0 Å². The van der Waals surface area contributed by atoms with E-state index in [4.69, 9.17) is 4.74 Å². The van der Waals surface area contributed by atoms with E-state index >= 15 is 0 Å². The van der Waals surface area contributed by atoms with Crippen molar-refractivity contribution in [2.75, 3.05) is 7.11 Å². The molecule has 132 valence electrons. The standard InChI is InChI=1S/C22H21NO3/c1-15-7-3-4-9-17(15)14-20(22(25)26-2)23-21(24)19-12-11-16-8-5-6-10-18(16)13-19/h3-13,20H,14H2,1-2H3,(H,23,24)/t20-/m0/s1. The van der Waals surface area contributed by atoms with Crippen LogP contribution < -0.4 is 5.32 Å². The summed E-state index contributed by atoms with van der Waals surface area (Å²) in [4.78, 5) is 24.8. The molecule has 0 unspecified atom stereocenters. The molecule has 0 saturated carbocycles. The van der Waals surface area contributed by atoms with Crippen LogP contribution in [0.1, 0.15) is 21.5 Å². The highest BCUT2D eigenvalue weighted by molar-refractivity contribution is 6.00. The molecule has 0 heterocycles. The second-order valence-corrected chi connectivity index (χ2v) is 6.24. The van der Waals surface area contributed by atoms with E-state index in [1.807, 2.05) is 67.6 Å². The Kier molecular flexibility index (Phi) is 5.32. The monoisotopic (exact) mass is 347 g/mol. The zero-order chi connectivity index (χ0) is 18.5. The number of hydrogen-bond donors (Lipinski definition) is 1. The predicted octanol–water partition coefficient (Wildman–Crippen LogP) is 3.66. The highest BCUT2D eigenvalue weighted by Crippen LogP contribution is 2.16. The Labute approximate surface area is 152 Å². The van der Waals surface area contributed by atoms with Crippen LogP contribution in [0.2, 0.25) is 0 Å². The first-order chi connectivity index (χ1) is 12.6. The largest absolute Gasteiger partial charge is 0.467 e. The van der Waals surface area contributed by atoms with Crippen LogP contribution in [-0.4, -0.2) is 25.0 Å². The molecule has 0 aliphatic rings. The van der Waals surface area contributed by atoms with Crippen LogP contribution in [0.5, 0.6) is 0 Å². The van der Waals surface area contributed by atoms with Crippen LogP contribution in [0.15, 0.2) is 66.7 Å². The summed E-state index contributed by atoms with van der Waals surface area (Å²) < 4.78 is 4.88. The molecule has 1 atom stereocenters. The maximum atomic E-state index is 12.7. The van der Waals surface area contributed by atoms with E-state index in [2.05, 4.69) is 5.32 Å². The molecule has 0 fully saturated rings. The van der Waals surface area contributed by atoms with Crippen molar-refractivity contribution in [3.05, 3.63) is 83.4 Å². The molecule has 0 bridgehead atoms. The Morgan fingerprint density at radius 1 is 0.962 bits per heavy atom. The summed E-state index contributed by atoms with van der Waals surface area (Å²) in [7, 11) is 1.33.